The molecule has 92 valence electrons. The number of amides is 1. The Morgan fingerprint density at radius 3 is 3.06 bits per heavy atom. The van der Waals surface area contributed by atoms with Crippen LogP contribution in [0.2, 0.25) is 5.02 Å². The normalized spacial score (nSPS) is 21.1. The fourth-order valence-electron chi connectivity index (χ4n) is 2.00. The van der Waals surface area contributed by atoms with Gasteiger partial charge in [0.05, 0.1) is 16.7 Å². The second-order valence-electron chi connectivity index (χ2n) is 4.23. The summed E-state index contributed by atoms with van der Waals surface area (Å²) in [6.45, 7) is 1.26. The topological polar surface area (TPSA) is 53.4 Å². The molecule has 4 nitrogen and oxygen atoms in total. The molecule has 1 aromatic rings. The molecule has 1 saturated heterocycles. The van der Waals surface area contributed by atoms with Gasteiger partial charge in [-0.3, -0.25) is 9.78 Å². The molecule has 1 fully saturated rings. The third kappa shape index (κ3) is 2.96. The van der Waals surface area contributed by atoms with Crippen molar-refractivity contribution in [2.75, 3.05) is 13.1 Å². The molecule has 0 radical (unpaired) electrons. The van der Waals surface area contributed by atoms with E-state index in [9.17, 15) is 9.90 Å². The molecule has 1 N–H and O–H groups in total. The van der Waals surface area contributed by atoms with E-state index >= 15 is 0 Å². The zero-order valence-electron chi connectivity index (χ0n) is 9.47. The van der Waals surface area contributed by atoms with Crippen LogP contribution in [0.3, 0.4) is 0 Å². The number of likely N-dealkylation sites (tertiary alicyclic amines) is 1. The number of halogens is 1. The van der Waals surface area contributed by atoms with E-state index < -0.39 is 0 Å². The first-order valence-corrected chi connectivity index (χ1v) is 6.13. The van der Waals surface area contributed by atoms with Crippen LogP contribution >= 0.6 is 11.6 Å². The van der Waals surface area contributed by atoms with Crippen LogP contribution in [-0.4, -0.2) is 40.1 Å². The van der Waals surface area contributed by atoms with E-state index in [2.05, 4.69) is 4.98 Å². The highest BCUT2D eigenvalue weighted by atomic mass is 35.5. The molecule has 0 spiro atoms. The largest absolute Gasteiger partial charge is 0.393 e. The monoisotopic (exact) mass is 254 g/mol. The Morgan fingerprint density at radius 1 is 1.47 bits per heavy atom. The van der Waals surface area contributed by atoms with Gasteiger partial charge in [0.25, 0.3) is 5.91 Å². The smallest absolute Gasteiger partial charge is 0.255 e. The maximum Gasteiger partial charge on any atom is 0.255 e. The fourth-order valence-corrected chi connectivity index (χ4v) is 2.20. The highest BCUT2D eigenvalue weighted by Crippen LogP contribution is 2.18. The van der Waals surface area contributed by atoms with Crippen LogP contribution in [0.1, 0.15) is 29.6 Å². The predicted molar refractivity (Wildman–Crippen MR) is 65.0 cm³/mol. The van der Waals surface area contributed by atoms with Gasteiger partial charge >= 0.3 is 0 Å². The molecule has 17 heavy (non-hydrogen) atoms. The Bertz CT molecular complexity index is 411. The van der Waals surface area contributed by atoms with Crippen molar-refractivity contribution < 1.29 is 9.90 Å². The first-order chi connectivity index (χ1) is 8.18. The van der Waals surface area contributed by atoms with Gasteiger partial charge in [0, 0.05) is 25.5 Å². The number of hydrogen-bond acceptors (Lipinski definition) is 3. The third-order valence-corrected chi connectivity index (χ3v) is 3.29. The summed E-state index contributed by atoms with van der Waals surface area (Å²) in [4.78, 5) is 17.8. The number of pyridine rings is 1. The minimum absolute atomic E-state index is 0.0773. The number of hydrogen-bond donors (Lipinski definition) is 1. The van der Waals surface area contributed by atoms with Crippen LogP contribution in [0.15, 0.2) is 18.5 Å². The van der Waals surface area contributed by atoms with Gasteiger partial charge < -0.3 is 10.0 Å². The van der Waals surface area contributed by atoms with Crippen LogP contribution in [0.25, 0.3) is 0 Å². The lowest BCUT2D eigenvalue weighted by atomic mass is 10.2. The number of aromatic nitrogens is 1. The Morgan fingerprint density at radius 2 is 2.29 bits per heavy atom. The molecule has 1 aliphatic heterocycles. The summed E-state index contributed by atoms with van der Waals surface area (Å²) in [5, 5.41) is 9.92. The van der Waals surface area contributed by atoms with Gasteiger partial charge in [-0.15, -0.1) is 0 Å². The minimum atomic E-state index is -0.291. The Kier molecular flexibility index (Phi) is 3.97. The van der Waals surface area contributed by atoms with Gasteiger partial charge in [-0.1, -0.05) is 11.6 Å². The summed E-state index contributed by atoms with van der Waals surface area (Å²) in [5.74, 6) is -0.0773. The number of carbonyl (C=O) groups is 1. The molecule has 1 atom stereocenters. The SMILES string of the molecule is O=C(c1ccncc1Cl)N1CCCC(O)CC1. The van der Waals surface area contributed by atoms with E-state index in [0.29, 0.717) is 30.1 Å². The molecule has 5 heteroatoms. The average molecular weight is 255 g/mol. The first-order valence-electron chi connectivity index (χ1n) is 5.75. The van der Waals surface area contributed by atoms with E-state index in [1.165, 1.54) is 6.20 Å². The summed E-state index contributed by atoms with van der Waals surface area (Å²) in [5.41, 5.74) is 0.484. The van der Waals surface area contributed by atoms with Gasteiger partial charge in [0.15, 0.2) is 0 Å². The fraction of sp³-hybridized carbons (Fsp3) is 0.500. The zero-order valence-corrected chi connectivity index (χ0v) is 10.2. The zero-order chi connectivity index (χ0) is 12.3. The molecule has 1 aliphatic rings. The molecule has 0 bridgehead atoms. The van der Waals surface area contributed by atoms with Crippen molar-refractivity contribution in [3.8, 4) is 0 Å². The van der Waals surface area contributed by atoms with Crippen LogP contribution in [-0.2, 0) is 0 Å². The van der Waals surface area contributed by atoms with Crippen LogP contribution in [0.4, 0.5) is 0 Å². The molecule has 0 aliphatic carbocycles. The second kappa shape index (κ2) is 5.47. The maximum absolute atomic E-state index is 12.2. The van der Waals surface area contributed by atoms with E-state index in [0.717, 1.165) is 12.8 Å². The van der Waals surface area contributed by atoms with E-state index in [4.69, 9.17) is 11.6 Å². The summed E-state index contributed by atoms with van der Waals surface area (Å²) in [7, 11) is 0. The highest BCUT2D eigenvalue weighted by molar-refractivity contribution is 6.33. The van der Waals surface area contributed by atoms with E-state index in [-0.39, 0.29) is 12.0 Å². The predicted octanol–water partition coefficient (Wildman–Crippen LogP) is 1.72. The Balaban J connectivity index is 2.12. The van der Waals surface area contributed by atoms with Crippen molar-refractivity contribution in [3.63, 3.8) is 0 Å². The quantitative estimate of drug-likeness (QED) is 0.830. The van der Waals surface area contributed by atoms with Crippen molar-refractivity contribution >= 4 is 17.5 Å². The molecular weight excluding hydrogens is 240 g/mol. The summed E-state index contributed by atoms with van der Waals surface area (Å²) < 4.78 is 0. The van der Waals surface area contributed by atoms with Gasteiger partial charge in [0.1, 0.15) is 0 Å². The molecule has 0 aromatic carbocycles. The number of carbonyl (C=O) groups excluding carboxylic acids is 1. The number of rotatable bonds is 1. The number of aliphatic hydroxyl groups excluding tert-OH is 1. The van der Waals surface area contributed by atoms with E-state index in [1.54, 1.807) is 17.2 Å². The van der Waals surface area contributed by atoms with Gasteiger partial charge in [0.2, 0.25) is 0 Å². The standard InChI is InChI=1S/C12H15ClN2O2/c13-11-8-14-5-3-10(11)12(17)15-6-1-2-9(16)4-7-15/h3,5,8-9,16H,1-2,4,6-7H2. The van der Waals surface area contributed by atoms with Crippen molar-refractivity contribution in [2.24, 2.45) is 0 Å². The molecule has 1 amide bonds. The summed E-state index contributed by atoms with van der Waals surface area (Å²) in [6, 6.07) is 1.63. The van der Waals surface area contributed by atoms with Gasteiger partial charge in [-0.2, -0.15) is 0 Å². The molecule has 0 saturated carbocycles. The maximum atomic E-state index is 12.2. The second-order valence-corrected chi connectivity index (χ2v) is 4.64. The third-order valence-electron chi connectivity index (χ3n) is 2.99. The summed E-state index contributed by atoms with van der Waals surface area (Å²) in [6.07, 6.45) is 4.96. The minimum Gasteiger partial charge on any atom is -0.393 e. The van der Waals surface area contributed by atoms with Gasteiger partial charge in [-0.25, -0.2) is 0 Å². The summed E-state index contributed by atoms with van der Waals surface area (Å²) >= 11 is 5.95. The van der Waals surface area contributed by atoms with Crippen LogP contribution in [0.5, 0.6) is 0 Å². The lowest BCUT2D eigenvalue weighted by Gasteiger charge is -2.20. The van der Waals surface area contributed by atoms with Crippen molar-refractivity contribution in [2.45, 2.75) is 25.4 Å². The lowest BCUT2D eigenvalue weighted by molar-refractivity contribution is 0.0753. The van der Waals surface area contributed by atoms with Crippen molar-refractivity contribution in [1.82, 2.24) is 9.88 Å². The Hall–Kier alpha value is -1.13. The van der Waals surface area contributed by atoms with Gasteiger partial charge in [-0.05, 0) is 25.3 Å². The molecule has 2 heterocycles. The van der Waals surface area contributed by atoms with Crippen molar-refractivity contribution in [1.29, 1.82) is 0 Å². The van der Waals surface area contributed by atoms with Crippen molar-refractivity contribution in [3.05, 3.63) is 29.0 Å². The highest BCUT2D eigenvalue weighted by Gasteiger charge is 2.21. The number of aliphatic hydroxyl groups is 1. The molecule has 2 rings (SSSR count). The van der Waals surface area contributed by atoms with Crippen LogP contribution in [0, 0.1) is 0 Å². The Labute approximate surface area is 105 Å². The lowest BCUT2D eigenvalue weighted by Crippen LogP contribution is -2.32. The molecule has 1 unspecified atom stereocenters. The first kappa shape index (κ1) is 12.3. The van der Waals surface area contributed by atoms with Crippen LogP contribution < -0.4 is 0 Å². The van der Waals surface area contributed by atoms with E-state index in [1.807, 2.05) is 0 Å². The molecular formula is C12H15ClN2O2. The number of nitrogens with zero attached hydrogens (tertiary/aromatic N) is 2. The average Bonchev–Trinajstić information content (AvgIpc) is 2.54. The molecule has 1 aromatic heterocycles.